The molecule has 0 radical (unpaired) electrons. The van der Waals surface area contributed by atoms with Gasteiger partial charge in [0.2, 0.25) is 10.0 Å². The highest BCUT2D eigenvalue weighted by molar-refractivity contribution is 7.89. The smallest absolute Gasteiger partial charge is 0.207 e. The van der Waals surface area contributed by atoms with Gasteiger partial charge in [0.05, 0.1) is 4.90 Å². The van der Waals surface area contributed by atoms with Crippen LogP contribution in [0.15, 0.2) is 53.4 Å². The number of benzene rings is 2. The minimum Gasteiger partial charge on any atom is -0.207 e. The lowest BCUT2D eigenvalue weighted by atomic mass is 10.0. The zero-order valence-electron chi connectivity index (χ0n) is 11.9. The molecule has 0 amide bonds. The van der Waals surface area contributed by atoms with Gasteiger partial charge >= 0.3 is 0 Å². The van der Waals surface area contributed by atoms with Crippen molar-refractivity contribution in [3.8, 4) is 0 Å². The Balaban J connectivity index is 2.24. The van der Waals surface area contributed by atoms with Crippen LogP contribution in [-0.4, -0.2) is 8.42 Å². The molecule has 1 N–H and O–H groups in total. The number of aryl methyl sites for hydroxylation is 2. The summed E-state index contributed by atoms with van der Waals surface area (Å²) in [6.45, 7) is 5.76. The molecule has 0 aliphatic carbocycles. The molecule has 4 heteroatoms. The fraction of sp³-hybridized carbons (Fsp3) is 0.250. The molecular formula is C16H19NO2S. The average molecular weight is 289 g/mol. The van der Waals surface area contributed by atoms with E-state index in [0.29, 0.717) is 4.90 Å². The minimum absolute atomic E-state index is 0.262. The van der Waals surface area contributed by atoms with Gasteiger partial charge in [0.1, 0.15) is 0 Å². The fourth-order valence-electron chi connectivity index (χ4n) is 2.15. The number of rotatable bonds is 4. The van der Waals surface area contributed by atoms with E-state index in [9.17, 15) is 8.42 Å². The van der Waals surface area contributed by atoms with E-state index in [4.69, 9.17) is 0 Å². The molecule has 0 unspecified atom stereocenters. The summed E-state index contributed by atoms with van der Waals surface area (Å²) in [6.07, 6.45) is 0. The van der Waals surface area contributed by atoms with Gasteiger partial charge in [0.25, 0.3) is 0 Å². The Hall–Kier alpha value is -1.65. The lowest BCUT2D eigenvalue weighted by molar-refractivity contribution is 0.566. The summed E-state index contributed by atoms with van der Waals surface area (Å²) in [5, 5.41) is 0. The standard InChI is InChI=1S/C16H19NO2S/c1-12-8-10-15(11-9-12)20(18,19)17-14(3)16-7-5-4-6-13(16)2/h4-11,14,17H,1-3H3/t14-/m0/s1. The van der Waals surface area contributed by atoms with Crippen LogP contribution in [0.3, 0.4) is 0 Å². The van der Waals surface area contributed by atoms with Gasteiger partial charge in [-0.15, -0.1) is 0 Å². The zero-order chi connectivity index (χ0) is 14.8. The number of hydrogen-bond donors (Lipinski definition) is 1. The number of hydrogen-bond acceptors (Lipinski definition) is 2. The molecule has 0 saturated carbocycles. The molecule has 0 bridgehead atoms. The summed E-state index contributed by atoms with van der Waals surface area (Å²) in [5.41, 5.74) is 3.10. The van der Waals surface area contributed by atoms with Gasteiger partial charge in [-0.1, -0.05) is 42.0 Å². The van der Waals surface area contributed by atoms with Crippen molar-refractivity contribution in [2.75, 3.05) is 0 Å². The third kappa shape index (κ3) is 3.26. The maximum Gasteiger partial charge on any atom is 0.241 e. The first-order valence-electron chi connectivity index (χ1n) is 6.54. The zero-order valence-corrected chi connectivity index (χ0v) is 12.7. The first-order chi connectivity index (χ1) is 9.40. The third-order valence-electron chi connectivity index (χ3n) is 3.32. The maximum absolute atomic E-state index is 12.3. The summed E-state index contributed by atoms with van der Waals surface area (Å²) in [5.74, 6) is 0. The van der Waals surface area contributed by atoms with Crippen LogP contribution in [0.1, 0.15) is 29.7 Å². The highest BCUT2D eigenvalue weighted by Gasteiger charge is 2.18. The number of sulfonamides is 1. The van der Waals surface area contributed by atoms with E-state index < -0.39 is 10.0 Å². The summed E-state index contributed by atoms with van der Waals surface area (Å²) in [7, 11) is -3.49. The van der Waals surface area contributed by atoms with Gasteiger partial charge in [-0.2, -0.15) is 0 Å². The Morgan fingerprint density at radius 3 is 2.15 bits per heavy atom. The second-order valence-corrected chi connectivity index (χ2v) is 6.73. The third-order valence-corrected chi connectivity index (χ3v) is 4.87. The van der Waals surface area contributed by atoms with Gasteiger partial charge in [-0.05, 0) is 44.0 Å². The van der Waals surface area contributed by atoms with Crippen LogP contribution in [0.4, 0.5) is 0 Å². The van der Waals surface area contributed by atoms with Crippen LogP contribution in [0.25, 0.3) is 0 Å². The van der Waals surface area contributed by atoms with Gasteiger partial charge < -0.3 is 0 Å². The Morgan fingerprint density at radius 1 is 0.950 bits per heavy atom. The largest absolute Gasteiger partial charge is 0.241 e. The quantitative estimate of drug-likeness (QED) is 0.938. The molecule has 0 saturated heterocycles. The maximum atomic E-state index is 12.3. The van der Waals surface area contributed by atoms with Crippen molar-refractivity contribution in [3.63, 3.8) is 0 Å². The highest BCUT2D eigenvalue weighted by Crippen LogP contribution is 2.20. The molecule has 0 fully saturated rings. The summed E-state index contributed by atoms with van der Waals surface area (Å²) in [4.78, 5) is 0.295. The van der Waals surface area contributed by atoms with Gasteiger partial charge in [-0.25, -0.2) is 13.1 Å². The van der Waals surface area contributed by atoms with Crippen LogP contribution in [0, 0.1) is 13.8 Å². The molecule has 106 valence electrons. The average Bonchev–Trinajstić information content (AvgIpc) is 2.39. The topological polar surface area (TPSA) is 46.2 Å². The van der Waals surface area contributed by atoms with E-state index in [1.807, 2.05) is 45.0 Å². The van der Waals surface area contributed by atoms with Gasteiger partial charge in [0, 0.05) is 6.04 Å². The van der Waals surface area contributed by atoms with E-state index in [1.165, 1.54) is 0 Å². The molecule has 0 aromatic heterocycles. The van der Waals surface area contributed by atoms with E-state index in [-0.39, 0.29) is 6.04 Å². The minimum atomic E-state index is -3.49. The van der Waals surface area contributed by atoms with E-state index in [1.54, 1.807) is 24.3 Å². The molecule has 20 heavy (non-hydrogen) atoms. The van der Waals surface area contributed by atoms with Crippen molar-refractivity contribution in [2.24, 2.45) is 0 Å². The van der Waals surface area contributed by atoms with Gasteiger partial charge in [0.15, 0.2) is 0 Å². The van der Waals surface area contributed by atoms with Crippen molar-refractivity contribution in [2.45, 2.75) is 31.7 Å². The number of nitrogens with one attached hydrogen (secondary N) is 1. The highest BCUT2D eigenvalue weighted by atomic mass is 32.2. The Morgan fingerprint density at radius 2 is 1.55 bits per heavy atom. The molecule has 2 aromatic carbocycles. The lowest BCUT2D eigenvalue weighted by Crippen LogP contribution is -2.27. The van der Waals surface area contributed by atoms with Crippen molar-refractivity contribution < 1.29 is 8.42 Å². The van der Waals surface area contributed by atoms with Crippen LogP contribution in [-0.2, 0) is 10.0 Å². The normalized spacial score (nSPS) is 13.2. The van der Waals surface area contributed by atoms with E-state index >= 15 is 0 Å². The molecule has 0 spiro atoms. The summed E-state index contributed by atoms with van der Waals surface area (Å²) in [6, 6.07) is 14.4. The molecule has 0 heterocycles. The molecule has 2 rings (SSSR count). The van der Waals surface area contributed by atoms with E-state index in [2.05, 4.69) is 4.72 Å². The van der Waals surface area contributed by atoms with Crippen LogP contribution in [0.5, 0.6) is 0 Å². The Labute approximate surface area is 120 Å². The van der Waals surface area contributed by atoms with Crippen molar-refractivity contribution >= 4 is 10.0 Å². The van der Waals surface area contributed by atoms with Gasteiger partial charge in [-0.3, -0.25) is 0 Å². The second-order valence-electron chi connectivity index (χ2n) is 5.01. The predicted molar refractivity (Wildman–Crippen MR) is 81.1 cm³/mol. The monoisotopic (exact) mass is 289 g/mol. The van der Waals surface area contributed by atoms with Crippen LogP contribution < -0.4 is 4.72 Å². The van der Waals surface area contributed by atoms with E-state index in [0.717, 1.165) is 16.7 Å². The molecule has 1 atom stereocenters. The lowest BCUT2D eigenvalue weighted by Gasteiger charge is -2.16. The predicted octanol–water partition coefficient (Wildman–Crippen LogP) is 3.34. The molecule has 0 aliphatic heterocycles. The second kappa shape index (κ2) is 5.77. The molecular weight excluding hydrogens is 270 g/mol. The van der Waals surface area contributed by atoms with Crippen molar-refractivity contribution in [1.29, 1.82) is 0 Å². The first-order valence-corrected chi connectivity index (χ1v) is 8.03. The van der Waals surface area contributed by atoms with Crippen LogP contribution in [0.2, 0.25) is 0 Å². The summed E-state index contributed by atoms with van der Waals surface area (Å²) < 4.78 is 27.4. The Bertz CT molecular complexity index is 691. The summed E-state index contributed by atoms with van der Waals surface area (Å²) >= 11 is 0. The van der Waals surface area contributed by atoms with Crippen molar-refractivity contribution in [3.05, 3.63) is 65.2 Å². The molecule has 0 aliphatic rings. The first kappa shape index (κ1) is 14.8. The van der Waals surface area contributed by atoms with Crippen LogP contribution >= 0.6 is 0 Å². The molecule has 2 aromatic rings. The fourth-order valence-corrected chi connectivity index (χ4v) is 3.38. The molecule has 3 nitrogen and oxygen atoms in total. The SMILES string of the molecule is Cc1ccc(S(=O)(=O)N[C@@H](C)c2ccccc2C)cc1. The Kier molecular flexibility index (Phi) is 4.26. The van der Waals surface area contributed by atoms with Crippen molar-refractivity contribution in [1.82, 2.24) is 4.72 Å².